The number of hydrogen-bond donors (Lipinski definition) is 4. The Balaban J connectivity index is 1.61. The lowest BCUT2D eigenvalue weighted by molar-refractivity contribution is 0.325. The van der Waals surface area contributed by atoms with Crippen molar-refractivity contribution in [2.24, 2.45) is 0 Å². The van der Waals surface area contributed by atoms with Gasteiger partial charge in [0.1, 0.15) is 5.82 Å². The van der Waals surface area contributed by atoms with Crippen LogP contribution in [0.4, 0.5) is 11.5 Å². The summed E-state index contributed by atoms with van der Waals surface area (Å²) in [5.41, 5.74) is 5.38. The third-order valence-corrected chi connectivity index (χ3v) is 4.61. The summed E-state index contributed by atoms with van der Waals surface area (Å²) in [5, 5.41) is 23.8. The van der Waals surface area contributed by atoms with Crippen molar-refractivity contribution in [2.45, 2.75) is 13.3 Å². The maximum Gasteiger partial charge on any atom is 0.161 e. The van der Waals surface area contributed by atoms with Crippen LogP contribution in [0.25, 0.3) is 16.5 Å². The van der Waals surface area contributed by atoms with Gasteiger partial charge in [0.2, 0.25) is 0 Å². The minimum atomic E-state index is -0.121. The molecule has 4 rings (SSSR count). The Morgan fingerprint density at radius 3 is 3.07 bits per heavy atom. The van der Waals surface area contributed by atoms with Crippen molar-refractivity contribution in [1.82, 2.24) is 25.5 Å². The summed E-state index contributed by atoms with van der Waals surface area (Å²) in [6, 6.07) is 7.79. The number of aliphatic hydroxyl groups excluding tert-OH is 1. The predicted octanol–water partition coefficient (Wildman–Crippen LogP) is 3.81. The number of H-pyrrole nitrogens is 1. The zero-order valence-corrected chi connectivity index (χ0v) is 16.1. The van der Waals surface area contributed by atoms with Gasteiger partial charge in [-0.3, -0.25) is 5.10 Å². The number of fused-ring (bicyclic) bond motifs is 1. The lowest BCUT2D eigenvalue weighted by atomic mass is 10.1. The van der Waals surface area contributed by atoms with Crippen molar-refractivity contribution in [2.75, 3.05) is 11.9 Å². The quantitative estimate of drug-likeness (QED) is 0.514. The molecule has 7 heteroatoms. The van der Waals surface area contributed by atoms with Crippen LogP contribution in [0, 0.1) is 0 Å². The minimum Gasteiger partial charge on any atom is -0.390 e. The van der Waals surface area contributed by atoms with E-state index >= 15 is 0 Å². The van der Waals surface area contributed by atoms with Gasteiger partial charge in [0.05, 0.1) is 18.3 Å². The van der Waals surface area contributed by atoms with E-state index < -0.39 is 0 Å². The van der Waals surface area contributed by atoms with Gasteiger partial charge in [-0.25, -0.2) is 9.97 Å². The maximum atomic E-state index is 9.27. The van der Waals surface area contributed by atoms with Crippen LogP contribution in [0.1, 0.15) is 19.2 Å². The number of nitrogens with zero attached hydrogens (tertiary/aromatic N) is 3. The lowest BCUT2D eigenvalue weighted by Crippen LogP contribution is -2.15. The Bertz CT molecular complexity index is 1150. The maximum absolute atomic E-state index is 9.27. The predicted molar refractivity (Wildman–Crippen MR) is 115 cm³/mol. The molecule has 0 bridgehead atoms. The van der Waals surface area contributed by atoms with E-state index in [-0.39, 0.29) is 6.61 Å². The normalized spacial score (nSPS) is 13.9. The summed E-state index contributed by atoms with van der Waals surface area (Å²) in [7, 11) is 0. The summed E-state index contributed by atoms with van der Waals surface area (Å²) in [4.78, 5) is 9.11. The summed E-state index contributed by atoms with van der Waals surface area (Å²) in [6.45, 7) is 5.74. The molecule has 146 valence electrons. The van der Waals surface area contributed by atoms with Crippen LogP contribution in [-0.4, -0.2) is 31.9 Å². The third-order valence-electron chi connectivity index (χ3n) is 4.61. The Kier molecular flexibility index (Phi) is 5.22. The number of aromatic amines is 1. The monoisotopic (exact) mass is 386 g/mol. The van der Waals surface area contributed by atoms with E-state index in [0.29, 0.717) is 17.3 Å². The summed E-state index contributed by atoms with van der Waals surface area (Å²) in [5.74, 6) is 1.31. The van der Waals surface area contributed by atoms with E-state index in [0.717, 1.165) is 39.9 Å². The summed E-state index contributed by atoms with van der Waals surface area (Å²) in [6.07, 6.45) is 10.4. The number of rotatable bonds is 6. The number of benzene rings is 1. The van der Waals surface area contributed by atoms with Crippen LogP contribution in [0.5, 0.6) is 0 Å². The first-order valence-electron chi connectivity index (χ1n) is 9.29. The topological polar surface area (TPSA) is 98.8 Å². The van der Waals surface area contributed by atoms with E-state index in [9.17, 15) is 5.11 Å². The fourth-order valence-corrected chi connectivity index (χ4v) is 3.05. The standard InChI is InChI=1S/C22H22N6O/c1-14-4-3-5-16(11-20(14)25-15(2)13-29)22-23-9-8-21(27-22)26-18-6-7-19-17(10-18)12-24-28-19/h3,5-12,25,29H,2,4,13H2,1H3,(H,24,28)(H,23,26,27). The van der Waals surface area contributed by atoms with Crippen molar-refractivity contribution in [3.63, 3.8) is 0 Å². The van der Waals surface area contributed by atoms with E-state index in [1.54, 1.807) is 12.4 Å². The minimum absolute atomic E-state index is 0.121. The summed E-state index contributed by atoms with van der Waals surface area (Å²) < 4.78 is 0. The zero-order valence-electron chi connectivity index (χ0n) is 16.1. The average Bonchev–Trinajstić information content (AvgIpc) is 3.12. The van der Waals surface area contributed by atoms with Crippen LogP contribution in [0.3, 0.4) is 0 Å². The molecule has 0 aliphatic heterocycles. The largest absolute Gasteiger partial charge is 0.390 e. The van der Waals surface area contributed by atoms with Gasteiger partial charge in [-0.2, -0.15) is 5.10 Å². The van der Waals surface area contributed by atoms with Crippen molar-refractivity contribution in [3.05, 3.63) is 84.3 Å². The molecule has 1 aromatic carbocycles. The molecule has 0 saturated carbocycles. The van der Waals surface area contributed by atoms with Gasteiger partial charge < -0.3 is 15.7 Å². The first-order valence-corrected chi connectivity index (χ1v) is 9.29. The van der Waals surface area contributed by atoms with Gasteiger partial charge in [-0.1, -0.05) is 18.7 Å². The van der Waals surface area contributed by atoms with Crippen LogP contribution in [0.2, 0.25) is 0 Å². The molecule has 3 aromatic rings. The molecule has 0 fully saturated rings. The highest BCUT2D eigenvalue weighted by Gasteiger charge is 2.10. The SMILES string of the molecule is C=C(CO)NC1=C(C)CC=CC(c2nccc(Nc3ccc4[nH]ncc4c3)n2)=C1. The second kappa shape index (κ2) is 8.12. The average molecular weight is 386 g/mol. The third kappa shape index (κ3) is 4.25. The molecule has 0 amide bonds. The van der Waals surface area contributed by atoms with Gasteiger partial charge in [-0.05, 0) is 49.3 Å². The Morgan fingerprint density at radius 2 is 2.21 bits per heavy atom. The van der Waals surface area contributed by atoms with Crippen molar-refractivity contribution in [3.8, 4) is 0 Å². The molecule has 2 heterocycles. The van der Waals surface area contributed by atoms with Gasteiger partial charge in [0, 0.05) is 34.2 Å². The number of aliphatic hydroxyl groups is 1. The van der Waals surface area contributed by atoms with Gasteiger partial charge in [0.15, 0.2) is 5.82 Å². The molecule has 1 aliphatic carbocycles. The van der Waals surface area contributed by atoms with E-state index in [4.69, 9.17) is 0 Å². The van der Waals surface area contributed by atoms with E-state index in [2.05, 4.69) is 43.5 Å². The van der Waals surface area contributed by atoms with E-state index in [1.165, 1.54) is 0 Å². The highest BCUT2D eigenvalue weighted by Crippen LogP contribution is 2.24. The molecule has 7 nitrogen and oxygen atoms in total. The van der Waals surface area contributed by atoms with Crippen LogP contribution in [-0.2, 0) is 0 Å². The van der Waals surface area contributed by atoms with Crippen LogP contribution < -0.4 is 10.6 Å². The Hall–Kier alpha value is -3.71. The van der Waals surface area contributed by atoms with Crippen molar-refractivity contribution in [1.29, 1.82) is 0 Å². The van der Waals surface area contributed by atoms with Gasteiger partial charge >= 0.3 is 0 Å². The number of allylic oxidation sites excluding steroid dienone is 5. The molecule has 0 spiro atoms. The molecule has 1 aliphatic rings. The number of aromatic nitrogens is 4. The molecule has 0 atom stereocenters. The Morgan fingerprint density at radius 1 is 1.31 bits per heavy atom. The molecular weight excluding hydrogens is 364 g/mol. The first-order chi connectivity index (χ1) is 14.1. The molecular formula is C22H22N6O. The smallest absolute Gasteiger partial charge is 0.161 e. The highest BCUT2D eigenvalue weighted by atomic mass is 16.3. The summed E-state index contributed by atoms with van der Waals surface area (Å²) >= 11 is 0. The number of hydrogen-bond acceptors (Lipinski definition) is 6. The number of anilines is 2. The second-order valence-corrected chi connectivity index (χ2v) is 6.85. The highest BCUT2D eigenvalue weighted by molar-refractivity contribution is 5.82. The molecule has 0 saturated heterocycles. The fourth-order valence-electron chi connectivity index (χ4n) is 3.05. The number of nitrogens with one attached hydrogen (secondary N) is 3. The molecule has 29 heavy (non-hydrogen) atoms. The molecule has 0 unspecified atom stereocenters. The fraction of sp³-hybridized carbons (Fsp3) is 0.136. The van der Waals surface area contributed by atoms with Crippen LogP contribution in [0.15, 0.2) is 78.4 Å². The zero-order chi connectivity index (χ0) is 20.2. The second-order valence-electron chi connectivity index (χ2n) is 6.85. The molecule has 0 radical (unpaired) electrons. The first kappa shape index (κ1) is 18.6. The van der Waals surface area contributed by atoms with Gasteiger partial charge in [0.25, 0.3) is 0 Å². The lowest BCUT2D eigenvalue weighted by Gasteiger charge is -2.12. The Labute approximate surface area is 168 Å². The molecule has 4 N–H and O–H groups in total. The van der Waals surface area contributed by atoms with E-state index in [1.807, 2.05) is 43.3 Å². The van der Waals surface area contributed by atoms with Crippen LogP contribution >= 0.6 is 0 Å². The van der Waals surface area contributed by atoms with Gasteiger partial charge in [-0.15, -0.1) is 0 Å². The van der Waals surface area contributed by atoms with Crippen molar-refractivity contribution >= 4 is 28.0 Å². The van der Waals surface area contributed by atoms with Crippen molar-refractivity contribution < 1.29 is 5.11 Å². The molecule has 2 aromatic heterocycles.